The van der Waals surface area contributed by atoms with Crippen LogP contribution in [-0.4, -0.2) is 6.71 Å². The van der Waals surface area contributed by atoms with Crippen LogP contribution in [0.1, 0.15) is 115 Å². The van der Waals surface area contributed by atoms with Gasteiger partial charge in [0.15, 0.2) is 0 Å². The van der Waals surface area contributed by atoms with Gasteiger partial charge in [-0.15, -0.1) is 22.7 Å². The topological polar surface area (TPSA) is 6.48 Å². The predicted octanol–water partition coefficient (Wildman–Crippen LogP) is 15.5. The van der Waals surface area contributed by atoms with Gasteiger partial charge in [0.2, 0.25) is 0 Å². The lowest BCUT2D eigenvalue weighted by Gasteiger charge is -2.44. The number of nitrogens with zero attached hydrogens (tertiary/aromatic N) is 2. The maximum atomic E-state index is 2.69. The highest BCUT2D eigenvalue weighted by molar-refractivity contribution is 7.26. The number of aryl methyl sites for hydroxylation is 2. The van der Waals surface area contributed by atoms with E-state index in [1.54, 1.807) is 0 Å². The van der Waals surface area contributed by atoms with Crippen molar-refractivity contribution in [2.75, 3.05) is 9.80 Å². The summed E-state index contributed by atoms with van der Waals surface area (Å²) in [6.45, 7) is 30.4. The Bertz CT molecular complexity index is 3030. The predicted molar refractivity (Wildman–Crippen MR) is 276 cm³/mol. The third-order valence-corrected chi connectivity index (χ3v) is 15.9. The lowest BCUT2D eigenvalue weighted by atomic mass is 9.33. The van der Waals surface area contributed by atoms with Crippen LogP contribution in [-0.2, 0) is 16.2 Å². The summed E-state index contributed by atoms with van der Waals surface area (Å²) in [6, 6.07) is 45.2. The summed E-state index contributed by atoms with van der Waals surface area (Å²) in [5, 5.41) is 4.03. The molecule has 10 rings (SSSR count). The number of benzene rings is 6. The quantitative estimate of drug-likeness (QED) is 0.163. The van der Waals surface area contributed by atoms with Gasteiger partial charge in [-0.05, 0) is 163 Å². The van der Waals surface area contributed by atoms with Crippen LogP contribution in [0.3, 0.4) is 0 Å². The normalized spacial score (nSPS) is 13.9. The van der Waals surface area contributed by atoms with Crippen molar-refractivity contribution in [2.45, 2.75) is 112 Å². The molecule has 0 unspecified atom stereocenters. The van der Waals surface area contributed by atoms with E-state index in [-0.39, 0.29) is 23.0 Å². The average Bonchev–Trinajstić information content (AvgIpc) is 3.82. The molecule has 2 aromatic heterocycles. The highest BCUT2D eigenvalue weighted by Gasteiger charge is 2.46. The molecular formula is C57H59BN2S2. The molecule has 0 bridgehead atoms. The standard InChI is InChI=1S/C57H59BN2S2/c1-33(2)37-28-46-52-47(29-37)60(53-34(3)26-38(27-35(53)4)50-30-36-16-14-15-17-48(36)61-50)54-51(43-31-40(56(8,9)10)21-25-49(43)62-54)58(52)44-32-41(57(11,12)13)20-24-45(44)59(46)42-22-18-39(19-23-42)55(5,6)7/h14-33H,1-13H3. The van der Waals surface area contributed by atoms with E-state index in [0.717, 1.165) is 0 Å². The number of fused-ring (bicyclic) bond motifs is 7. The zero-order valence-corrected chi connectivity index (χ0v) is 40.5. The van der Waals surface area contributed by atoms with Crippen LogP contribution in [0.5, 0.6) is 0 Å². The third kappa shape index (κ3) is 6.56. The Morgan fingerprint density at radius 2 is 1.13 bits per heavy atom. The van der Waals surface area contributed by atoms with Gasteiger partial charge in [0.1, 0.15) is 0 Å². The molecule has 0 atom stereocenters. The first-order chi connectivity index (χ1) is 29.3. The van der Waals surface area contributed by atoms with Crippen molar-refractivity contribution in [1.82, 2.24) is 0 Å². The fourth-order valence-electron chi connectivity index (χ4n) is 9.99. The lowest BCUT2D eigenvalue weighted by Crippen LogP contribution is -2.61. The van der Waals surface area contributed by atoms with Gasteiger partial charge < -0.3 is 9.80 Å². The maximum absolute atomic E-state index is 2.69. The smallest absolute Gasteiger partial charge is 0.254 e. The molecule has 0 spiro atoms. The molecule has 0 saturated heterocycles. The van der Waals surface area contributed by atoms with Crippen LogP contribution in [0.2, 0.25) is 0 Å². The summed E-state index contributed by atoms with van der Waals surface area (Å²) >= 11 is 3.86. The molecule has 2 nitrogen and oxygen atoms in total. The minimum atomic E-state index is -0.0111. The molecule has 2 aliphatic rings. The molecule has 0 fully saturated rings. The average molecular weight is 847 g/mol. The van der Waals surface area contributed by atoms with Crippen molar-refractivity contribution >= 4 is 99.4 Å². The van der Waals surface area contributed by atoms with E-state index >= 15 is 0 Å². The summed E-state index contributed by atoms with van der Waals surface area (Å²) < 4.78 is 2.68. The summed E-state index contributed by atoms with van der Waals surface area (Å²) in [5.74, 6) is 0.335. The fraction of sp³-hybridized carbons (Fsp3) is 0.298. The van der Waals surface area contributed by atoms with Crippen LogP contribution in [0, 0.1) is 13.8 Å². The fourth-order valence-corrected chi connectivity index (χ4v) is 12.3. The van der Waals surface area contributed by atoms with Crippen LogP contribution < -0.4 is 26.2 Å². The van der Waals surface area contributed by atoms with Crippen LogP contribution in [0.25, 0.3) is 30.6 Å². The summed E-state index contributed by atoms with van der Waals surface area (Å²) in [5.41, 5.74) is 19.9. The van der Waals surface area contributed by atoms with Crippen molar-refractivity contribution < 1.29 is 0 Å². The molecule has 0 aliphatic carbocycles. The third-order valence-electron chi connectivity index (χ3n) is 13.5. The van der Waals surface area contributed by atoms with Crippen LogP contribution >= 0.6 is 22.7 Å². The number of hydrogen-bond acceptors (Lipinski definition) is 4. The molecule has 312 valence electrons. The largest absolute Gasteiger partial charge is 0.311 e. The molecule has 2 aliphatic heterocycles. The highest BCUT2D eigenvalue weighted by Crippen LogP contribution is 2.51. The first-order valence-electron chi connectivity index (χ1n) is 22.5. The molecule has 0 amide bonds. The minimum absolute atomic E-state index is 0.0111. The van der Waals surface area contributed by atoms with E-state index in [1.807, 2.05) is 22.7 Å². The lowest BCUT2D eigenvalue weighted by molar-refractivity contribution is 0.590. The molecule has 5 heteroatoms. The second kappa shape index (κ2) is 14.2. The van der Waals surface area contributed by atoms with Gasteiger partial charge in [0.25, 0.3) is 6.71 Å². The van der Waals surface area contributed by atoms with E-state index in [1.165, 1.54) is 114 Å². The van der Waals surface area contributed by atoms with Gasteiger partial charge in [-0.3, -0.25) is 0 Å². The SMILES string of the molecule is Cc1cc(-c2cc3ccccc3s2)cc(C)c1N1c2cc(C(C)C)cc3c2B(c2cc(C(C)(C)C)ccc2N3c2ccc(C(C)(C)C)cc2)c2c1sc1ccc(C(C)(C)C)cc21. The van der Waals surface area contributed by atoms with Gasteiger partial charge in [-0.2, -0.15) is 0 Å². The van der Waals surface area contributed by atoms with Crippen molar-refractivity contribution in [3.63, 3.8) is 0 Å². The first kappa shape index (κ1) is 40.9. The Morgan fingerprint density at radius 3 is 1.76 bits per heavy atom. The van der Waals surface area contributed by atoms with Gasteiger partial charge in [-0.1, -0.05) is 131 Å². The number of thiophene rings is 2. The second-order valence-corrected chi connectivity index (χ2v) is 23.6. The molecule has 0 N–H and O–H groups in total. The summed E-state index contributed by atoms with van der Waals surface area (Å²) in [7, 11) is 0. The van der Waals surface area contributed by atoms with Crippen molar-refractivity contribution in [3.05, 3.63) is 149 Å². The van der Waals surface area contributed by atoms with Gasteiger partial charge in [0, 0.05) is 37.0 Å². The molecular weight excluding hydrogens is 788 g/mol. The molecule has 4 heterocycles. The Morgan fingerprint density at radius 1 is 0.532 bits per heavy atom. The molecule has 0 radical (unpaired) electrons. The second-order valence-electron chi connectivity index (χ2n) is 21.4. The van der Waals surface area contributed by atoms with E-state index in [2.05, 4.69) is 215 Å². The van der Waals surface area contributed by atoms with E-state index in [4.69, 9.17) is 0 Å². The Hall–Kier alpha value is -5.10. The minimum Gasteiger partial charge on any atom is -0.311 e. The van der Waals surface area contributed by atoms with Gasteiger partial charge in [0.05, 0.1) is 10.7 Å². The van der Waals surface area contributed by atoms with Crippen LogP contribution in [0.15, 0.2) is 115 Å². The molecule has 8 aromatic rings. The monoisotopic (exact) mass is 846 g/mol. The number of hydrogen-bond donors (Lipinski definition) is 0. The van der Waals surface area contributed by atoms with E-state index in [9.17, 15) is 0 Å². The van der Waals surface area contributed by atoms with Crippen molar-refractivity contribution in [1.29, 1.82) is 0 Å². The Balaban J connectivity index is 1.31. The summed E-state index contributed by atoms with van der Waals surface area (Å²) in [6.07, 6.45) is 0. The number of anilines is 6. The van der Waals surface area contributed by atoms with Crippen molar-refractivity contribution in [2.24, 2.45) is 0 Å². The molecule has 6 aromatic carbocycles. The Kier molecular flexibility index (Phi) is 9.38. The zero-order valence-electron chi connectivity index (χ0n) is 38.8. The van der Waals surface area contributed by atoms with Gasteiger partial charge in [-0.25, -0.2) is 0 Å². The van der Waals surface area contributed by atoms with E-state index in [0.29, 0.717) is 5.92 Å². The Labute approximate surface area is 378 Å². The van der Waals surface area contributed by atoms with E-state index < -0.39 is 0 Å². The maximum Gasteiger partial charge on any atom is 0.254 e. The summed E-state index contributed by atoms with van der Waals surface area (Å²) in [4.78, 5) is 6.60. The molecule has 0 saturated carbocycles. The molecule has 62 heavy (non-hydrogen) atoms. The van der Waals surface area contributed by atoms with Crippen LogP contribution in [0.4, 0.5) is 33.4 Å². The number of rotatable bonds is 4. The first-order valence-corrected chi connectivity index (χ1v) is 24.1. The highest BCUT2D eigenvalue weighted by atomic mass is 32.1. The zero-order chi connectivity index (χ0) is 43.8. The van der Waals surface area contributed by atoms with Crippen molar-refractivity contribution in [3.8, 4) is 10.4 Å². The van der Waals surface area contributed by atoms with Gasteiger partial charge >= 0.3 is 0 Å².